The Morgan fingerprint density at radius 1 is 0.750 bits per heavy atom. The SMILES string of the molecule is Fc1c(F)c(F)c(F)c(F)c1F.O=CNO. The third kappa shape index (κ3) is 2.86. The Balaban J connectivity index is 0.000000487. The summed E-state index contributed by atoms with van der Waals surface area (Å²) in [6.07, 6.45) is 0.181. The van der Waals surface area contributed by atoms with Gasteiger partial charge in [0.2, 0.25) is 41.3 Å². The van der Waals surface area contributed by atoms with Crippen LogP contribution in [0, 0.1) is 34.9 Å². The maximum atomic E-state index is 12.0. The lowest BCUT2D eigenvalue weighted by Crippen LogP contribution is -2.04. The lowest BCUT2D eigenvalue weighted by Gasteiger charge is -1.99. The molecule has 90 valence electrons. The van der Waals surface area contributed by atoms with E-state index in [1.165, 1.54) is 5.48 Å². The van der Waals surface area contributed by atoms with Crippen LogP contribution in [0.25, 0.3) is 0 Å². The Morgan fingerprint density at radius 3 is 0.938 bits per heavy atom. The van der Waals surface area contributed by atoms with Gasteiger partial charge in [-0.1, -0.05) is 0 Å². The molecule has 0 fully saturated rings. The summed E-state index contributed by atoms with van der Waals surface area (Å²) >= 11 is 0. The third-order valence-electron chi connectivity index (χ3n) is 1.21. The van der Waals surface area contributed by atoms with E-state index in [1.54, 1.807) is 0 Å². The lowest BCUT2D eigenvalue weighted by atomic mass is 10.3. The van der Waals surface area contributed by atoms with Crippen molar-refractivity contribution < 1.29 is 36.3 Å². The standard InChI is InChI=1S/C6F6.CH3NO2/c7-1-2(8)4(10)6(12)5(11)3(1)9;3-1-2-4/h;1,4H,(H,2,3). The first-order valence-corrected chi connectivity index (χ1v) is 3.38. The Labute approximate surface area is 84.3 Å². The molecule has 0 unspecified atom stereocenters. The minimum atomic E-state index is -2.37. The molecule has 0 bridgehead atoms. The average Bonchev–Trinajstić information content (AvgIpc) is 2.31. The van der Waals surface area contributed by atoms with Crippen LogP contribution < -0.4 is 5.48 Å². The van der Waals surface area contributed by atoms with Crippen LogP contribution in [0.4, 0.5) is 26.3 Å². The molecule has 1 aromatic rings. The summed E-state index contributed by atoms with van der Waals surface area (Å²) in [5, 5.41) is 7.26. The van der Waals surface area contributed by atoms with E-state index in [4.69, 9.17) is 10.0 Å². The van der Waals surface area contributed by atoms with Crippen LogP contribution in [-0.2, 0) is 4.79 Å². The Hall–Kier alpha value is -1.77. The molecular weight excluding hydrogens is 244 g/mol. The number of carbonyl (C=O) groups excluding carboxylic acids is 1. The molecule has 0 spiro atoms. The molecule has 0 saturated heterocycles. The highest BCUT2D eigenvalue weighted by atomic mass is 19.2. The van der Waals surface area contributed by atoms with Crippen molar-refractivity contribution in [3.05, 3.63) is 34.9 Å². The highest BCUT2D eigenvalue weighted by Gasteiger charge is 2.25. The summed E-state index contributed by atoms with van der Waals surface area (Å²) in [6.45, 7) is 0. The topological polar surface area (TPSA) is 49.3 Å². The van der Waals surface area contributed by atoms with E-state index in [2.05, 4.69) is 0 Å². The van der Waals surface area contributed by atoms with E-state index in [0.717, 1.165) is 0 Å². The van der Waals surface area contributed by atoms with Gasteiger partial charge in [0, 0.05) is 0 Å². The van der Waals surface area contributed by atoms with Gasteiger partial charge in [-0.15, -0.1) is 0 Å². The number of nitrogens with one attached hydrogen (secondary N) is 1. The summed E-state index contributed by atoms with van der Waals surface area (Å²) in [4.78, 5) is 8.81. The normalized spacial score (nSPS) is 9.19. The lowest BCUT2D eigenvalue weighted by molar-refractivity contribution is -0.116. The first-order valence-electron chi connectivity index (χ1n) is 3.38. The van der Waals surface area contributed by atoms with Crippen LogP contribution in [-0.4, -0.2) is 11.6 Å². The zero-order chi connectivity index (χ0) is 12.9. The van der Waals surface area contributed by atoms with Crippen molar-refractivity contribution in [2.75, 3.05) is 0 Å². The minimum absolute atomic E-state index is 0.181. The molecule has 0 aliphatic heterocycles. The molecule has 0 radical (unpaired) electrons. The van der Waals surface area contributed by atoms with Gasteiger partial charge in [-0.05, 0) is 0 Å². The predicted octanol–water partition coefficient (Wildman–Crippen LogP) is 1.64. The number of hydrogen-bond donors (Lipinski definition) is 2. The summed E-state index contributed by atoms with van der Waals surface area (Å²) in [5.41, 5.74) is 1.25. The molecule has 3 nitrogen and oxygen atoms in total. The summed E-state index contributed by atoms with van der Waals surface area (Å²) in [7, 11) is 0. The monoisotopic (exact) mass is 247 g/mol. The molecule has 0 aliphatic rings. The largest absolute Gasteiger partial charge is 0.289 e. The fraction of sp³-hybridized carbons (Fsp3) is 0. The van der Waals surface area contributed by atoms with Crippen molar-refractivity contribution in [2.45, 2.75) is 0 Å². The molecule has 0 atom stereocenters. The maximum absolute atomic E-state index is 12.0. The number of rotatable bonds is 1. The number of halogens is 6. The molecule has 2 N–H and O–H groups in total. The number of benzene rings is 1. The molecule has 1 aromatic carbocycles. The number of hydrogen-bond acceptors (Lipinski definition) is 2. The smallest absolute Gasteiger partial charge is 0.230 e. The molecule has 1 amide bonds. The maximum Gasteiger partial charge on any atom is 0.230 e. The molecule has 1 rings (SSSR count). The van der Waals surface area contributed by atoms with Crippen LogP contribution in [0.2, 0.25) is 0 Å². The third-order valence-corrected chi connectivity index (χ3v) is 1.21. The summed E-state index contributed by atoms with van der Waals surface area (Å²) in [5.74, 6) is -14.2. The molecule has 16 heavy (non-hydrogen) atoms. The van der Waals surface area contributed by atoms with E-state index in [9.17, 15) is 26.3 Å². The van der Waals surface area contributed by atoms with Crippen molar-refractivity contribution in [3.63, 3.8) is 0 Å². The van der Waals surface area contributed by atoms with Gasteiger partial charge in [0.1, 0.15) is 0 Å². The van der Waals surface area contributed by atoms with E-state index in [1.807, 2.05) is 0 Å². The first kappa shape index (κ1) is 14.2. The van der Waals surface area contributed by atoms with Gasteiger partial charge in [-0.3, -0.25) is 10.0 Å². The van der Waals surface area contributed by atoms with Crippen LogP contribution in [0.3, 0.4) is 0 Å². The molecule has 9 heteroatoms. The second-order valence-corrected chi connectivity index (χ2v) is 2.13. The molecule has 0 aliphatic carbocycles. The van der Waals surface area contributed by atoms with Gasteiger partial charge < -0.3 is 0 Å². The summed E-state index contributed by atoms with van der Waals surface area (Å²) in [6, 6.07) is 0. The van der Waals surface area contributed by atoms with E-state index >= 15 is 0 Å². The van der Waals surface area contributed by atoms with Crippen LogP contribution in [0.1, 0.15) is 0 Å². The van der Waals surface area contributed by atoms with Crippen molar-refractivity contribution in [3.8, 4) is 0 Å². The molecule has 0 saturated carbocycles. The van der Waals surface area contributed by atoms with E-state index < -0.39 is 34.9 Å². The molecular formula is C7H3F6NO2. The van der Waals surface area contributed by atoms with Crippen molar-refractivity contribution in [1.82, 2.24) is 5.48 Å². The molecule has 0 heterocycles. The zero-order valence-electron chi connectivity index (χ0n) is 7.20. The second kappa shape index (κ2) is 5.95. The first-order chi connectivity index (χ1) is 7.38. The minimum Gasteiger partial charge on any atom is -0.289 e. The van der Waals surface area contributed by atoms with Gasteiger partial charge in [0.15, 0.2) is 0 Å². The Bertz CT molecular complexity index is 292. The fourth-order valence-electron chi connectivity index (χ4n) is 0.578. The second-order valence-electron chi connectivity index (χ2n) is 2.13. The van der Waals surface area contributed by atoms with E-state index in [0.29, 0.717) is 0 Å². The quantitative estimate of drug-likeness (QED) is 0.198. The summed E-state index contributed by atoms with van der Waals surface area (Å²) < 4.78 is 72.2. The van der Waals surface area contributed by atoms with Gasteiger partial charge in [-0.2, -0.15) is 0 Å². The van der Waals surface area contributed by atoms with Gasteiger partial charge in [0.25, 0.3) is 0 Å². The molecule has 0 aromatic heterocycles. The predicted molar refractivity (Wildman–Crippen MR) is 37.2 cm³/mol. The fourth-order valence-corrected chi connectivity index (χ4v) is 0.578. The average molecular weight is 247 g/mol. The van der Waals surface area contributed by atoms with Crippen molar-refractivity contribution >= 4 is 6.41 Å². The van der Waals surface area contributed by atoms with E-state index in [-0.39, 0.29) is 6.41 Å². The van der Waals surface area contributed by atoms with Gasteiger partial charge >= 0.3 is 0 Å². The Kier molecular flexibility index (Phi) is 5.30. The van der Waals surface area contributed by atoms with Crippen LogP contribution in [0.5, 0.6) is 0 Å². The van der Waals surface area contributed by atoms with Gasteiger partial charge in [-0.25, -0.2) is 31.8 Å². The highest BCUT2D eigenvalue weighted by Crippen LogP contribution is 2.20. The number of amides is 1. The number of hydroxylamine groups is 1. The number of carbonyl (C=O) groups is 1. The van der Waals surface area contributed by atoms with Crippen molar-refractivity contribution in [1.29, 1.82) is 0 Å². The van der Waals surface area contributed by atoms with Gasteiger partial charge in [0.05, 0.1) is 0 Å². The van der Waals surface area contributed by atoms with Crippen LogP contribution in [0.15, 0.2) is 0 Å². The highest BCUT2D eigenvalue weighted by molar-refractivity contribution is 5.43. The zero-order valence-corrected chi connectivity index (χ0v) is 7.20. The van der Waals surface area contributed by atoms with Crippen LogP contribution >= 0.6 is 0 Å². The Morgan fingerprint density at radius 2 is 0.875 bits per heavy atom. The van der Waals surface area contributed by atoms with Crippen molar-refractivity contribution in [2.24, 2.45) is 0 Å².